The van der Waals surface area contributed by atoms with Crippen molar-refractivity contribution >= 4 is 17.3 Å². The maximum absolute atomic E-state index is 15.0. The lowest BCUT2D eigenvalue weighted by Crippen LogP contribution is -2.70. The third-order valence-electron chi connectivity index (χ3n) is 13.2. The smallest absolute Gasteiger partial charge is 0.269 e. The van der Waals surface area contributed by atoms with E-state index in [9.17, 15) is 20.3 Å². The van der Waals surface area contributed by atoms with Crippen LogP contribution in [0.15, 0.2) is 114 Å². The van der Waals surface area contributed by atoms with E-state index < -0.39 is 22.7 Å². The number of hydrogen-bond acceptors (Lipinski definition) is 12. The summed E-state index contributed by atoms with van der Waals surface area (Å²) in [6.07, 6.45) is 9.44. The summed E-state index contributed by atoms with van der Waals surface area (Å²) in [6.45, 7) is 9.06. The van der Waals surface area contributed by atoms with Gasteiger partial charge in [0.15, 0.2) is 0 Å². The lowest BCUT2D eigenvalue weighted by atomic mass is 9.55. The standard InChI is InChI=1S/C53H64N4O10/c1-5-25-56(50(60)30-38-14-12-17-42(29-38)63-4)49-33-47(55-66-34-37-19-21-41(22-20-37)57(61)62)45-31-39(15-7-9-26-58)44(18-8-10-27-59)51-46-32-43(64-35-40-16-11-13-36(3)54-40)23-24-48(46)67-53(49,52(45)51)65-28-6-2/h6,11-14,16-17,19-24,29,31-32,39,44,49,51-52,58-59H,2,5,7-10,15,18,25-28,30,33-35H2,1,3-4H3/t39-,44+,49-,51+,52+,53+/m0/s1. The summed E-state index contributed by atoms with van der Waals surface area (Å²) in [6, 6.07) is 24.8. The molecule has 3 aliphatic rings. The van der Waals surface area contributed by atoms with Crippen LogP contribution in [0.5, 0.6) is 17.2 Å². The predicted octanol–water partition coefficient (Wildman–Crippen LogP) is 9.20. The number of nitro benzene ring substituents is 1. The summed E-state index contributed by atoms with van der Waals surface area (Å²) in [7, 11) is 1.60. The van der Waals surface area contributed by atoms with Gasteiger partial charge >= 0.3 is 0 Å². The van der Waals surface area contributed by atoms with Crippen molar-refractivity contribution in [3.63, 3.8) is 0 Å². The number of pyridine rings is 1. The number of benzene rings is 3. The molecule has 2 N–H and O–H groups in total. The monoisotopic (exact) mass is 916 g/mol. The van der Waals surface area contributed by atoms with Gasteiger partial charge in [0.25, 0.3) is 5.69 Å². The molecule has 4 aromatic rings. The maximum atomic E-state index is 15.0. The number of ether oxygens (including phenoxy) is 4. The van der Waals surface area contributed by atoms with Crippen LogP contribution in [-0.4, -0.2) is 81.9 Å². The van der Waals surface area contributed by atoms with Gasteiger partial charge in [-0.3, -0.25) is 19.9 Å². The number of methoxy groups -OCH3 is 1. The Balaban J connectivity index is 1.40. The topological polar surface area (TPSA) is 175 Å². The zero-order chi connectivity index (χ0) is 47.3. The molecule has 1 saturated carbocycles. The number of aryl methyl sites for hydroxylation is 1. The van der Waals surface area contributed by atoms with Crippen molar-refractivity contribution < 1.29 is 43.7 Å². The normalized spacial score (nSPS) is 22.1. The number of hydrogen-bond donors (Lipinski definition) is 2. The Labute approximate surface area is 393 Å². The first-order valence-electron chi connectivity index (χ1n) is 23.5. The van der Waals surface area contributed by atoms with Gasteiger partial charge in [0.05, 0.1) is 42.4 Å². The van der Waals surface area contributed by atoms with Crippen LogP contribution in [0.1, 0.15) is 92.3 Å². The largest absolute Gasteiger partial charge is 0.497 e. The number of allylic oxidation sites excluding steroid dienone is 1. The van der Waals surface area contributed by atoms with Crippen LogP contribution in [0, 0.1) is 34.8 Å². The average Bonchev–Trinajstić information content (AvgIpc) is 3.33. The van der Waals surface area contributed by atoms with Gasteiger partial charge in [-0.15, -0.1) is 6.58 Å². The fourth-order valence-corrected chi connectivity index (χ4v) is 10.2. The number of fused-ring (bicyclic) bond motifs is 2. The minimum atomic E-state index is -1.42. The summed E-state index contributed by atoms with van der Waals surface area (Å²) in [5.41, 5.74) is 5.69. The number of aromatic nitrogens is 1. The molecule has 0 radical (unpaired) electrons. The first-order chi connectivity index (χ1) is 32.6. The fourth-order valence-electron chi connectivity index (χ4n) is 10.2. The van der Waals surface area contributed by atoms with Crippen LogP contribution in [0.3, 0.4) is 0 Å². The molecule has 1 amide bonds. The zero-order valence-corrected chi connectivity index (χ0v) is 38.9. The average molecular weight is 917 g/mol. The van der Waals surface area contributed by atoms with Crippen molar-refractivity contribution in [1.29, 1.82) is 0 Å². The van der Waals surface area contributed by atoms with E-state index in [1.807, 2.05) is 73.3 Å². The van der Waals surface area contributed by atoms with E-state index in [0.29, 0.717) is 54.3 Å². The molecule has 67 heavy (non-hydrogen) atoms. The number of rotatable bonds is 24. The van der Waals surface area contributed by atoms with E-state index in [4.69, 9.17) is 28.9 Å². The Kier molecular flexibility index (Phi) is 16.8. The minimum absolute atomic E-state index is 0.0205. The molecule has 1 fully saturated rings. The number of nitrogens with zero attached hydrogens (tertiary/aromatic N) is 4. The second kappa shape index (κ2) is 23.1. The Morgan fingerprint density at radius 2 is 1.76 bits per heavy atom. The number of amides is 1. The highest BCUT2D eigenvalue weighted by atomic mass is 16.7. The molecule has 6 atom stereocenters. The van der Waals surface area contributed by atoms with Gasteiger partial charge in [0.2, 0.25) is 11.7 Å². The van der Waals surface area contributed by atoms with E-state index in [1.165, 1.54) is 12.1 Å². The molecule has 14 heteroatoms. The van der Waals surface area contributed by atoms with Gasteiger partial charge < -0.3 is 38.9 Å². The minimum Gasteiger partial charge on any atom is -0.497 e. The molecule has 2 aliphatic carbocycles. The van der Waals surface area contributed by atoms with Crippen LogP contribution in [0.4, 0.5) is 5.69 Å². The highest BCUT2D eigenvalue weighted by Gasteiger charge is 2.65. The van der Waals surface area contributed by atoms with Gasteiger partial charge in [-0.05, 0) is 122 Å². The molecule has 0 unspecified atom stereocenters. The van der Waals surface area contributed by atoms with Gasteiger partial charge in [-0.1, -0.05) is 55.3 Å². The molecular formula is C53H64N4O10. The third kappa shape index (κ3) is 11.4. The Morgan fingerprint density at radius 3 is 2.48 bits per heavy atom. The molecule has 2 heterocycles. The second-order valence-electron chi connectivity index (χ2n) is 17.6. The fraction of sp³-hybridized carbons (Fsp3) is 0.453. The molecule has 14 nitrogen and oxygen atoms in total. The summed E-state index contributed by atoms with van der Waals surface area (Å²) in [4.78, 5) is 38.7. The summed E-state index contributed by atoms with van der Waals surface area (Å²) < 4.78 is 26.6. The van der Waals surface area contributed by atoms with Gasteiger partial charge in [0.1, 0.15) is 36.5 Å². The van der Waals surface area contributed by atoms with E-state index in [-0.39, 0.29) is 75.2 Å². The molecular weight excluding hydrogens is 853 g/mol. The van der Waals surface area contributed by atoms with Crippen LogP contribution in [0.25, 0.3) is 0 Å². The molecule has 0 saturated heterocycles. The van der Waals surface area contributed by atoms with Crippen LogP contribution in [0.2, 0.25) is 0 Å². The zero-order valence-electron chi connectivity index (χ0n) is 38.9. The number of non-ortho nitro benzene ring substituents is 1. The Morgan fingerprint density at radius 1 is 0.985 bits per heavy atom. The van der Waals surface area contributed by atoms with E-state index >= 15 is 4.79 Å². The van der Waals surface area contributed by atoms with Gasteiger partial charge in [-0.2, -0.15) is 0 Å². The number of unbranched alkanes of at least 4 members (excludes halogenated alkanes) is 2. The molecule has 1 aromatic heterocycles. The number of aliphatic hydroxyl groups excluding tert-OH is 2. The lowest BCUT2D eigenvalue weighted by molar-refractivity contribution is -0.384. The second-order valence-corrected chi connectivity index (χ2v) is 17.6. The molecule has 356 valence electrons. The van der Waals surface area contributed by atoms with Crippen molar-refractivity contribution in [2.24, 2.45) is 22.9 Å². The molecule has 1 aliphatic heterocycles. The van der Waals surface area contributed by atoms with E-state index in [0.717, 1.165) is 53.8 Å². The molecule has 0 spiro atoms. The highest BCUT2D eigenvalue weighted by Crippen LogP contribution is 2.62. The van der Waals surface area contributed by atoms with E-state index in [2.05, 4.69) is 23.7 Å². The number of oxime groups is 1. The first-order valence-corrected chi connectivity index (χ1v) is 23.5. The summed E-state index contributed by atoms with van der Waals surface area (Å²) in [5.74, 6) is -0.297. The van der Waals surface area contributed by atoms with Crippen LogP contribution < -0.4 is 14.2 Å². The van der Waals surface area contributed by atoms with Crippen molar-refractivity contribution in [2.45, 2.75) is 103 Å². The number of aliphatic hydroxyl groups is 2. The molecule has 3 aromatic carbocycles. The number of nitro groups is 1. The number of carbonyl (C=O) groups is 1. The number of carbonyl (C=O) groups excluding carboxylic acids is 1. The molecule has 7 rings (SSSR count). The SMILES string of the molecule is C=CCO[C@@]12Oc3ccc(OCc4cccc(C)n4)cc3[C@H]3[C@H](CCCCO)[C@@H](CCCCO)C=C(C(=NOCc4ccc([N+](=O)[O-])cc4)C[C@@H]1N(CCC)C(=O)Cc1cccc(OC)c1)[C@H]32. The predicted molar refractivity (Wildman–Crippen MR) is 255 cm³/mol. The summed E-state index contributed by atoms with van der Waals surface area (Å²) >= 11 is 0. The van der Waals surface area contributed by atoms with Crippen molar-refractivity contribution in [3.8, 4) is 17.2 Å². The van der Waals surface area contributed by atoms with Crippen molar-refractivity contribution in [3.05, 3.63) is 147 Å². The van der Waals surface area contributed by atoms with Crippen molar-refractivity contribution in [2.75, 3.05) is 33.5 Å². The summed E-state index contributed by atoms with van der Waals surface area (Å²) in [5, 5.41) is 36.3. The quantitative estimate of drug-likeness (QED) is 0.0297. The van der Waals surface area contributed by atoms with Crippen molar-refractivity contribution in [1.82, 2.24) is 9.88 Å². The van der Waals surface area contributed by atoms with Crippen LogP contribution >= 0.6 is 0 Å². The maximum Gasteiger partial charge on any atom is 0.269 e. The van der Waals surface area contributed by atoms with E-state index in [1.54, 1.807) is 25.3 Å². The lowest BCUT2D eigenvalue weighted by Gasteiger charge is -2.60. The Bertz CT molecular complexity index is 2390. The Hall–Kier alpha value is -6.09. The molecule has 0 bridgehead atoms. The van der Waals surface area contributed by atoms with Gasteiger partial charge in [-0.25, -0.2) is 0 Å². The third-order valence-corrected chi connectivity index (χ3v) is 13.2. The van der Waals surface area contributed by atoms with Gasteiger partial charge in [0, 0.05) is 55.5 Å². The van der Waals surface area contributed by atoms with Crippen LogP contribution in [-0.2, 0) is 34.0 Å². The highest BCUT2D eigenvalue weighted by molar-refractivity contribution is 6.03. The first kappa shape index (κ1) is 48.8.